The largest absolute Gasteiger partial charge is 0.508 e. The first-order valence-corrected chi connectivity index (χ1v) is 5.60. The Hall–Kier alpha value is -1.97. The van der Waals surface area contributed by atoms with Crippen LogP contribution < -0.4 is 4.74 Å². The van der Waals surface area contributed by atoms with Gasteiger partial charge in [-0.15, -0.1) is 0 Å². The SMILES string of the molecule is CC(C)n1cc(OCc2cccc(O)c2)cn1. The van der Waals surface area contributed by atoms with Crippen LogP contribution in [0.2, 0.25) is 0 Å². The Morgan fingerprint density at radius 1 is 1.41 bits per heavy atom. The third kappa shape index (κ3) is 3.00. The maximum atomic E-state index is 9.32. The fourth-order valence-electron chi connectivity index (χ4n) is 1.49. The van der Waals surface area contributed by atoms with E-state index in [2.05, 4.69) is 18.9 Å². The van der Waals surface area contributed by atoms with E-state index in [0.29, 0.717) is 12.6 Å². The van der Waals surface area contributed by atoms with Crippen LogP contribution in [0.25, 0.3) is 0 Å². The monoisotopic (exact) mass is 232 g/mol. The fourth-order valence-corrected chi connectivity index (χ4v) is 1.49. The molecule has 0 atom stereocenters. The summed E-state index contributed by atoms with van der Waals surface area (Å²) in [6, 6.07) is 7.36. The highest BCUT2D eigenvalue weighted by Crippen LogP contribution is 2.16. The summed E-state index contributed by atoms with van der Waals surface area (Å²) in [6.07, 6.45) is 3.57. The predicted octanol–water partition coefficient (Wildman–Crippen LogP) is 2.75. The summed E-state index contributed by atoms with van der Waals surface area (Å²) in [5.41, 5.74) is 0.933. The molecule has 0 saturated heterocycles. The Bertz CT molecular complexity index is 492. The third-order valence-electron chi connectivity index (χ3n) is 2.42. The Kier molecular flexibility index (Phi) is 3.32. The number of phenols is 1. The van der Waals surface area contributed by atoms with E-state index < -0.39 is 0 Å². The molecule has 17 heavy (non-hydrogen) atoms. The van der Waals surface area contributed by atoms with Gasteiger partial charge in [0.25, 0.3) is 0 Å². The molecule has 90 valence electrons. The second-order valence-electron chi connectivity index (χ2n) is 4.21. The molecule has 0 aliphatic rings. The molecule has 2 rings (SSSR count). The van der Waals surface area contributed by atoms with Gasteiger partial charge < -0.3 is 9.84 Å². The first-order valence-electron chi connectivity index (χ1n) is 5.60. The van der Waals surface area contributed by atoms with Gasteiger partial charge in [0.15, 0.2) is 5.75 Å². The molecule has 0 saturated carbocycles. The zero-order valence-corrected chi connectivity index (χ0v) is 10.00. The molecule has 0 radical (unpaired) electrons. The van der Waals surface area contributed by atoms with Crippen molar-refractivity contribution in [1.82, 2.24) is 9.78 Å². The highest BCUT2D eigenvalue weighted by molar-refractivity contribution is 5.27. The van der Waals surface area contributed by atoms with Crippen molar-refractivity contribution in [3.05, 3.63) is 42.2 Å². The predicted molar refractivity (Wildman–Crippen MR) is 65.1 cm³/mol. The van der Waals surface area contributed by atoms with Crippen LogP contribution in [0.1, 0.15) is 25.5 Å². The van der Waals surface area contributed by atoms with Crippen molar-refractivity contribution in [2.45, 2.75) is 26.5 Å². The van der Waals surface area contributed by atoms with E-state index in [1.165, 1.54) is 0 Å². The zero-order chi connectivity index (χ0) is 12.3. The Morgan fingerprint density at radius 2 is 2.24 bits per heavy atom. The van der Waals surface area contributed by atoms with Gasteiger partial charge in [0.2, 0.25) is 0 Å². The molecule has 0 amide bonds. The van der Waals surface area contributed by atoms with Crippen molar-refractivity contribution in [1.29, 1.82) is 0 Å². The van der Waals surface area contributed by atoms with Crippen molar-refractivity contribution in [2.75, 3.05) is 0 Å². The molecule has 4 nitrogen and oxygen atoms in total. The van der Waals surface area contributed by atoms with E-state index >= 15 is 0 Å². The smallest absolute Gasteiger partial charge is 0.157 e. The molecule has 1 aromatic heterocycles. The number of hydrogen-bond donors (Lipinski definition) is 1. The van der Waals surface area contributed by atoms with E-state index in [9.17, 15) is 5.11 Å². The summed E-state index contributed by atoms with van der Waals surface area (Å²) in [5.74, 6) is 0.992. The third-order valence-corrected chi connectivity index (χ3v) is 2.42. The van der Waals surface area contributed by atoms with Crippen molar-refractivity contribution in [3.63, 3.8) is 0 Å². The molecule has 1 N–H and O–H groups in total. The van der Waals surface area contributed by atoms with Crippen molar-refractivity contribution >= 4 is 0 Å². The first-order chi connectivity index (χ1) is 8.15. The highest BCUT2D eigenvalue weighted by atomic mass is 16.5. The van der Waals surface area contributed by atoms with E-state index in [4.69, 9.17) is 4.74 Å². The van der Waals surface area contributed by atoms with Gasteiger partial charge >= 0.3 is 0 Å². The average Bonchev–Trinajstić information content (AvgIpc) is 2.75. The normalized spacial score (nSPS) is 10.8. The van der Waals surface area contributed by atoms with Crippen LogP contribution >= 0.6 is 0 Å². The minimum Gasteiger partial charge on any atom is -0.508 e. The number of nitrogens with zero attached hydrogens (tertiary/aromatic N) is 2. The van der Waals surface area contributed by atoms with Gasteiger partial charge in [0.05, 0.1) is 12.4 Å². The van der Waals surface area contributed by atoms with Crippen LogP contribution in [0.4, 0.5) is 0 Å². The number of ether oxygens (including phenoxy) is 1. The molecule has 1 aromatic carbocycles. The maximum absolute atomic E-state index is 9.32. The van der Waals surface area contributed by atoms with Crippen LogP contribution in [0.3, 0.4) is 0 Å². The standard InChI is InChI=1S/C13H16N2O2/c1-10(2)15-8-13(7-14-15)17-9-11-4-3-5-12(16)6-11/h3-8,10,16H,9H2,1-2H3. The summed E-state index contributed by atoms with van der Waals surface area (Å²) in [5, 5.41) is 13.5. The minimum atomic E-state index is 0.254. The lowest BCUT2D eigenvalue weighted by atomic mass is 10.2. The molecule has 0 fully saturated rings. The number of phenolic OH excluding ortho intramolecular Hbond substituents is 1. The van der Waals surface area contributed by atoms with Crippen LogP contribution in [0.15, 0.2) is 36.7 Å². The van der Waals surface area contributed by atoms with E-state index in [1.54, 1.807) is 24.4 Å². The molecule has 0 aliphatic carbocycles. The van der Waals surface area contributed by atoms with Gasteiger partial charge in [-0.3, -0.25) is 4.68 Å². The van der Waals surface area contributed by atoms with Gasteiger partial charge in [-0.05, 0) is 31.5 Å². The summed E-state index contributed by atoms with van der Waals surface area (Å²) in [6.45, 7) is 4.55. The molecule has 0 spiro atoms. The maximum Gasteiger partial charge on any atom is 0.157 e. The van der Waals surface area contributed by atoms with Crippen LogP contribution in [-0.2, 0) is 6.61 Å². The summed E-state index contributed by atoms with van der Waals surface area (Å²) in [7, 11) is 0. The molecule has 0 bridgehead atoms. The zero-order valence-electron chi connectivity index (χ0n) is 10.00. The fraction of sp³-hybridized carbons (Fsp3) is 0.308. The molecular weight excluding hydrogens is 216 g/mol. The Morgan fingerprint density at radius 3 is 2.88 bits per heavy atom. The molecular formula is C13H16N2O2. The van der Waals surface area contributed by atoms with Crippen LogP contribution in [0.5, 0.6) is 11.5 Å². The van der Waals surface area contributed by atoms with E-state index in [-0.39, 0.29) is 5.75 Å². The topological polar surface area (TPSA) is 47.3 Å². The quantitative estimate of drug-likeness (QED) is 0.881. The summed E-state index contributed by atoms with van der Waals surface area (Å²) < 4.78 is 7.43. The molecule has 2 aromatic rings. The van der Waals surface area contributed by atoms with Crippen molar-refractivity contribution < 1.29 is 9.84 Å². The lowest BCUT2D eigenvalue weighted by Gasteiger charge is -2.05. The molecule has 0 unspecified atom stereocenters. The number of rotatable bonds is 4. The van der Waals surface area contributed by atoms with Gasteiger partial charge in [0, 0.05) is 6.04 Å². The van der Waals surface area contributed by atoms with Gasteiger partial charge in [-0.2, -0.15) is 5.10 Å². The number of hydrogen-bond acceptors (Lipinski definition) is 3. The molecule has 0 aliphatic heterocycles. The second-order valence-corrected chi connectivity index (χ2v) is 4.21. The minimum absolute atomic E-state index is 0.254. The Labute approximate surface area is 100 Å². The highest BCUT2D eigenvalue weighted by Gasteiger charge is 2.03. The molecule has 1 heterocycles. The Balaban J connectivity index is 1.97. The summed E-state index contributed by atoms with van der Waals surface area (Å²) in [4.78, 5) is 0. The van der Waals surface area contributed by atoms with Crippen molar-refractivity contribution in [3.8, 4) is 11.5 Å². The van der Waals surface area contributed by atoms with Gasteiger partial charge in [-0.1, -0.05) is 12.1 Å². The second kappa shape index (κ2) is 4.91. The van der Waals surface area contributed by atoms with E-state index in [0.717, 1.165) is 11.3 Å². The van der Waals surface area contributed by atoms with Crippen LogP contribution in [-0.4, -0.2) is 14.9 Å². The summed E-state index contributed by atoms with van der Waals surface area (Å²) >= 11 is 0. The first kappa shape index (κ1) is 11.5. The number of benzene rings is 1. The molecule has 4 heteroatoms. The lowest BCUT2D eigenvalue weighted by Crippen LogP contribution is -2.00. The van der Waals surface area contributed by atoms with Gasteiger partial charge in [-0.25, -0.2) is 0 Å². The van der Waals surface area contributed by atoms with Crippen molar-refractivity contribution in [2.24, 2.45) is 0 Å². The van der Waals surface area contributed by atoms with Crippen LogP contribution in [0, 0.1) is 0 Å². The number of aromatic nitrogens is 2. The van der Waals surface area contributed by atoms with E-state index in [1.807, 2.05) is 16.9 Å². The van der Waals surface area contributed by atoms with Gasteiger partial charge in [0.1, 0.15) is 12.4 Å². The number of aromatic hydroxyl groups is 1. The average molecular weight is 232 g/mol. The lowest BCUT2D eigenvalue weighted by molar-refractivity contribution is 0.304.